The molecule has 3 N–H and O–H groups in total. The monoisotopic (exact) mass is 657 g/mol. The smallest absolute Gasteiger partial charge is 0.229 e. The molecule has 0 radical (unpaired) electrons. The molecule has 5 rings (SSSR count). The van der Waals surface area contributed by atoms with Gasteiger partial charge in [-0.1, -0.05) is 30.5 Å². The fourth-order valence-corrected chi connectivity index (χ4v) is 7.21. The molecule has 2 amide bonds. The van der Waals surface area contributed by atoms with E-state index >= 15 is 4.39 Å². The number of pyridine rings is 2. The van der Waals surface area contributed by atoms with E-state index in [4.69, 9.17) is 16.3 Å². The number of halogens is 2. The zero-order valence-electron chi connectivity index (χ0n) is 25.1. The van der Waals surface area contributed by atoms with Gasteiger partial charge in [-0.3, -0.25) is 14.6 Å². The Morgan fingerprint density at radius 2 is 1.71 bits per heavy atom. The Morgan fingerprint density at radius 3 is 2.31 bits per heavy atom. The van der Waals surface area contributed by atoms with Gasteiger partial charge < -0.3 is 15.4 Å². The van der Waals surface area contributed by atoms with Crippen LogP contribution in [0, 0.1) is 23.6 Å². The van der Waals surface area contributed by atoms with Crippen LogP contribution in [0.5, 0.6) is 0 Å². The minimum absolute atomic E-state index is 0.115. The molecule has 2 heterocycles. The first-order chi connectivity index (χ1) is 21.5. The van der Waals surface area contributed by atoms with E-state index in [0.717, 1.165) is 25.5 Å². The van der Waals surface area contributed by atoms with Crippen LogP contribution in [0.2, 0.25) is 5.02 Å². The van der Waals surface area contributed by atoms with Crippen molar-refractivity contribution in [1.29, 1.82) is 0 Å². The second kappa shape index (κ2) is 13.9. The van der Waals surface area contributed by atoms with Gasteiger partial charge in [0, 0.05) is 25.2 Å². The highest BCUT2D eigenvalue weighted by molar-refractivity contribution is 7.88. The van der Waals surface area contributed by atoms with Crippen molar-refractivity contribution in [1.82, 2.24) is 14.7 Å². The van der Waals surface area contributed by atoms with E-state index < -0.39 is 45.0 Å². The van der Waals surface area contributed by atoms with E-state index in [2.05, 4.69) is 25.3 Å². The van der Waals surface area contributed by atoms with Gasteiger partial charge in [-0.25, -0.2) is 22.5 Å². The number of carbonyl (C=O) groups is 2. The molecule has 2 aliphatic carbocycles. The first-order valence-electron chi connectivity index (χ1n) is 15.0. The molecule has 2 saturated carbocycles. The van der Waals surface area contributed by atoms with Crippen molar-refractivity contribution in [3.05, 3.63) is 83.0 Å². The van der Waals surface area contributed by atoms with Gasteiger partial charge in [0.2, 0.25) is 21.8 Å². The third-order valence-corrected chi connectivity index (χ3v) is 9.39. The van der Waals surface area contributed by atoms with Gasteiger partial charge in [0.05, 0.1) is 40.4 Å². The molecular formula is C32H37ClFN5O5S. The largest absolute Gasteiger partial charge is 0.378 e. The van der Waals surface area contributed by atoms with Gasteiger partial charge in [-0.2, -0.15) is 0 Å². The van der Waals surface area contributed by atoms with Gasteiger partial charge in [0.15, 0.2) is 0 Å². The Kier molecular flexibility index (Phi) is 10.2. The number of aromatic nitrogens is 2. The maximum absolute atomic E-state index is 15.4. The summed E-state index contributed by atoms with van der Waals surface area (Å²) in [4.78, 5) is 35.3. The first kappa shape index (κ1) is 32.9. The average molecular weight is 658 g/mol. The number of carbonyl (C=O) groups excluding carboxylic acids is 2. The second-order valence-corrected chi connectivity index (χ2v) is 14.0. The second-order valence-electron chi connectivity index (χ2n) is 11.8. The molecule has 2 aromatic heterocycles. The molecule has 0 aliphatic heterocycles. The van der Waals surface area contributed by atoms with Crippen LogP contribution in [-0.4, -0.2) is 49.2 Å². The van der Waals surface area contributed by atoms with Crippen molar-refractivity contribution in [2.24, 2.45) is 17.8 Å². The van der Waals surface area contributed by atoms with E-state index in [-0.39, 0.29) is 18.2 Å². The Bertz CT molecular complexity index is 1620. The van der Waals surface area contributed by atoms with Gasteiger partial charge in [0.25, 0.3) is 0 Å². The number of rotatable bonds is 13. The number of amides is 2. The minimum atomic E-state index is -3.74. The van der Waals surface area contributed by atoms with E-state index in [1.165, 1.54) is 24.4 Å². The Labute approximate surface area is 267 Å². The van der Waals surface area contributed by atoms with Crippen LogP contribution >= 0.6 is 11.6 Å². The van der Waals surface area contributed by atoms with Crippen molar-refractivity contribution < 1.29 is 27.1 Å². The molecule has 10 nitrogen and oxygen atoms in total. The van der Waals surface area contributed by atoms with Gasteiger partial charge >= 0.3 is 0 Å². The number of benzene rings is 1. The maximum atomic E-state index is 15.4. The van der Waals surface area contributed by atoms with Crippen LogP contribution in [0.25, 0.3) is 0 Å². The molecule has 0 spiro atoms. The summed E-state index contributed by atoms with van der Waals surface area (Å²) in [5.41, 5.74) is -0.224. The van der Waals surface area contributed by atoms with Crippen LogP contribution < -0.4 is 15.4 Å². The Morgan fingerprint density at radius 1 is 1.02 bits per heavy atom. The lowest BCUT2D eigenvalue weighted by atomic mass is 9.79. The molecule has 0 bridgehead atoms. The summed E-state index contributed by atoms with van der Waals surface area (Å²) in [6.07, 6.45) is 9.22. The predicted octanol–water partition coefficient (Wildman–Crippen LogP) is 5.26. The number of sulfonamides is 1. The van der Waals surface area contributed by atoms with E-state index in [1.54, 1.807) is 36.7 Å². The summed E-state index contributed by atoms with van der Waals surface area (Å²) in [7, 11) is -3.74. The molecule has 2 aliphatic rings. The van der Waals surface area contributed by atoms with Crippen molar-refractivity contribution in [2.75, 3.05) is 23.5 Å². The lowest BCUT2D eigenvalue weighted by Gasteiger charge is -2.36. The molecular weight excluding hydrogens is 621 g/mol. The molecule has 240 valence electrons. The Balaban J connectivity index is 1.45. The maximum Gasteiger partial charge on any atom is 0.229 e. The summed E-state index contributed by atoms with van der Waals surface area (Å²) in [5, 5.41) is 5.86. The number of hydrogen-bond donors (Lipinski definition) is 3. The average Bonchev–Trinajstić information content (AvgIpc) is 3.74. The fourth-order valence-electron chi connectivity index (χ4n) is 6.13. The van der Waals surface area contributed by atoms with Crippen LogP contribution in [-0.2, 0) is 29.9 Å². The van der Waals surface area contributed by atoms with Crippen molar-refractivity contribution in [2.45, 2.75) is 57.1 Å². The zero-order chi connectivity index (χ0) is 32.2. The first-order valence-corrected chi connectivity index (χ1v) is 17.3. The minimum Gasteiger partial charge on any atom is -0.378 e. The Hall–Kier alpha value is -3.45. The summed E-state index contributed by atoms with van der Waals surface area (Å²) in [6, 6.07) is 10.9. The number of hydrogen-bond acceptors (Lipinski definition) is 7. The normalized spacial score (nSPS) is 21.2. The van der Waals surface area contributed by atoms with E-state index in [0.29, 0.717) is 47.3 Å². The SMILES string of the molecule is CCO[C@H]1CC(C(=O)Nc2ccc(Cl)cn2)[C@@H](C(=O)Nc2cc(C(CCC3CC3)(NS(C)(=O)=O)c3ccncc3)ccc2F)C1. The lowest BCUT2D eigenvalue weighted by molar-refractivity contribution is -0.128. The predicted molar refractivity (Wildman–Crippen MR) is 169 cm³/mol. The summed E-state index contributed by atoms with van der Waals surface area (Å²) in [6.45, 7) is 2.25. The molecule has 3 aromatic rings. The zero-order valence-corrected chi connectivity index (χ0v) is 26.7. The summed E-state index contributed by atoms with van der Waals surface area (Å²) < 4.78 is 49.5. The van der Waals surface area contributed by atoms with Crippen LogP contribution in [0.3, 0.4) is 0 Å². The molecule has 0 saturated heterocycles. The topological polar surface area (TPSA) is 139 Å². The quantitative estimate of drug-likeness (QED) is 0.228. The number of ether oxygens (including phenoxy) is 1. The number of anilines is 2. The third kappa shape index (κ3) is 8.23. The van der Waals surface area contributed by atoms with Crippen LogP contribution in [0.4, 0.5) is 15.9 Å². The van der Waals surface area contributed by atoms with Crippen molar-refractivity contribution in [3.8, 4) is 0 Å². The van der Waals surface area contributed by atoms with Gasteiger partial charge in [0.1, 0.15) is 11.6 Å². The standard InChI is InChI=1S/C32H37ClFN5O5S/c1-3-44-24-17-25(26(18-24)31(41)38-29-9-7-23(33)19-36-29)30(40)37-28-16-22(6-8-27(28)34)32(39-45(2,42)43,13-10-20-4-5-20)21-11-14-35-15-12-21/h6-9,11-12,14-16,19-20,24-26,39H,3-5,10,13,17-18H2,1-2H3,(H,37,40)(H,36,38,41)/t24-,25+,26?,32?/m1/s1. The fraction of sp³-hybridized carbons (Fsp3) is 0.438. The molecule has 13 heteroatoms. The van der Waals surface area contributed by atoms with E-state index in [1.807, 2.05) is 6.92 Å². The molecule has 45 heavy (non-hydrogen) atoms. The molecule has 4 atom stereocenters. The van der Waals surface area contributed by atoms with Crippen LogP contribution in [0.15, 0.2) is 61.1 Å². The molecule has 2 fully saturated rings. The van der Waals surface area contributed by atoms with Crippen LogP contribution in [0.1, 0.15) is 56.6 Å². The molecule has 2 unspecified atom stereocenters. The number of nitrogens with one attached hydrogen (secondary N) is 3. The van der Waals surface area contributed by atoms with Crippen molar-refractivity contribution >= 4 is 44.9 Å². The van der Waals surface area contributed by atoms with E-state index in [9.17, 15) is 18.0 Å². The molecule has 1 aromatic carbocycles. The summed E-state index contributed by atoms with van der Waals surface area (Å²) >= 11 is 5.91. The van der Waals surface area contributed by atoms with Gasteiger partial charge in [-0.05, 0) is 86.1 Å². The van der Waals surface area contributed by atoms with Gasteiger partial charge in [-0.15, -0.1) is 0 Å². The summed E-state index contributed by atoms with van der Waals surface area (Å²) in [5.74, 6) is -2.43. The highest BCUT2D eigenvalue weighted by Crippen LogP contribution is 2.42. The highest BCUT2D eigenvalue weighted by Gasteiger charge is 2.44. The third-order valence-electron chi connectivity index (χ3n) is 8.45. The number of nitrogens with zero attached hydrogens (tertiary/aromatic N) is 2. The highest BCUT2D eigenvalue weighted by atomic mass is 35.5. The lowest BCUT2D eigenvalue weighted by Crippen LogP contribution is -2.46. The van der Waals surface area contributed by atoms with Crippen molar-refractivity contribution in [3.63, 3.8) is 0 Å².